The van der Waals surface area contributed by atoms with Gasteiger partial charge in [0.15, 0.2) is 0 Å². The molecule has 0 rings (SSSR count). The largest absolute Gasteiger partial charge is 0.480 e. The predicted octanol–water partition coefficient (Wildman–Crippen LogP) is 4.04. The van der Waals surface area contributed by atoms with Gasteiger partial charge in [-0.25, -0.2) is 8.78 Å². The van der Waals surface area contributed by atoms with Gasteiger partial charge in [0.1, 0.15) is 5.25 Å². The van der Waals surface area contributed by atoms with Crippen LogP contribution in [0.5, 0.6) is 0 Å². The Hall–Kier alpha value is -0.320. The normalized spacial score (nSPS) is 14.0. The van der Waals surface area contributed by atoms with Gasteiger partial charge in [-0.15, -0.1) is 11.8 Å². The van der Waals surface area contributed by atoms with Crippen molar-refractivity contribution >= 4 is 17.7 Å². The van der Waals surface area contributed by atoms with Crippen LogP contribution in [0.3, 0.4) is 0 Å². The second kappa shape index (κ2) is 7.90. The first-order chi connectivity index (χ1) is 7.72. The number of unbranched alkanes of at least 4 members (excludes halogenated alkanes) is 1. The van der Waals surface area contributed by atoms with Crippen LogP contribution in [0, 0.1) is 5.92 Å². The van der Waals surface area contributed by atoms with E-state index in [0.29, 0.717) is 30.9 Å². The number of carboxylic acids is 1. The van der Waals surface area contributed by atoms with Gasteiger partial charge in [-0.1, -0.05) is 13.8 Å². The highest BCUT2D eigenvalue weighted by Crippen LogP contribution is 2.23. The van der Waals surface area contributed by atoms with Crippen LogP contribution in [0.1, 0.15) is 46.5 Å². The molecular weight excluding hydrogens is 246 g/mol. The third-order valence-electron chi connectivity index (χ3n) is 2.29. The van der Waals surface area contributed by atoms with E-state index in [1.165, 1.54) is 11.8 Å². The monoisotopic (exact) mass is 268 g/mol. The van der Waals surface area contributed by atoms with Crippen molar-refractivity contribution in [2.45, 2.75) is 57.6 Å². The van der Waals surface area contributed by atoms with Crippen molar-refractivity contribution in [3.63, 3.8) is 0 Å². The lowest BCUT2D eigenvalue weighted by Gasteiger charge is -2.14. The molecule has 0 aromatic carbocycles. The first kappa shape index (κ1) is 16.7. The third-order valence-corrected chi connectivity index (χ3v) is 3.61. The molecule has 0 bridgehead atoms. The molecule has 0 aliphatic carbocycles. The van der Waals surface area contributed by atoms with Gasteiger partial charge in [0.25, 0.3) is 0 Å². The average Bonchev–Trinajstić information content (AvgIpc) is 2.12. The van der Waals surface area contributed by atoms with Gasteiger partial charge < -0.3 is 5.11 Å². The Bertz CT molecular complexity index is 227. The van der Waals surface area contributed by atoms with E-state index in [1.54, 1.807) is 0 Å². The van der Waals surface area contributed by atoms with Crippen LogP contribution in [0.25, 0.3) is 0 Å². The summed E-state index contributed by atoms with van der Waals surface area (Å²) in [5.74, 6) is -2.43. The van der Waals surface area contributed by atoms with Gasteiger partial charge in [-0.2, -0.15) is 0 Å². The van der Waals surface area contributed by atoms with Crippen LogP contribution in [0.2, 0.25) is 0 Å². The highest BCUT2D eigenvalue weighted by molar-refractivity contribution is 8.00. The van der Waals surface area contributed by atoms with E-state index in [0.717, 1.165) is 6.92 Å². The maximum absolute atomic E-state index is 12.5. The van der Waals surface area contributed by atoms with Gasteiger partial charge in [0.05, 0.1) is 0 Å². The highest BCUT2D eigenvalue weighted by atomic mass is 32.2. The number of alkyl halides is 2. The lowest BCUT2D eigenvalue weighted by Crippen LogP contribution is -2.19. The van der Waals surface area contributed by atoms with Crippen LogP contribution >= 0.6 is 11.8 Å². The summed E-state index contributed by atoms with van der Waals surface area (Å²) in [5, 5.41) is 8.56. The number of carboxylic acid groups (broad SMARTS) is 1. The Balaban J connectivity index is 3.72. The molecule has 0 fully saturated rings. The Morgan fingerprint density at radius 1 is 1.35 bits per heavy atom. The molecule has 0 amide bonds. The Kier molecular flexibility index (Phi) is 7.75. The summed E-state index contributed by atoms with van der Waals surface area (Å²) >= 11 is 1.36. The Morgan fingerprint density at radius 2 is 1.94 bits per heavy atom. The molecule has 0 aliphatic rings. The zero-order valence-electron chi connectivity index (χ0n) is 10.7. The molecule has 1 N–H and O–H groups in total. The van der Waals surface area contributed by atoms with Gasteiger partial charge >= 0.3 is 5.97 Å². The average molecular weight is 268 g/mol. The summed E-state index contributed by atoms with van der Waals surface area (Å²) in [6.07, 6.45) is 1.61. The molecule has 0 aliphatic heterocycles. The molecule has 17 heavy (non-hydrogen) atoms. The fourth-order valence-corrected chi connectivity index (χ4v) is 2.75. The molecular formula is C12H22F2O2S. The van der Waals surface area contributed by atoms with Crippen molar-refractivity contribution < 1.29 is 18.7 Å². The van der Waals surface area contributed by atoms with Gasteiger partial charge in [-0.3, -0.25) is 4.79 Å². The second-order valence-electron chi connectivity index (χ2n) is 4.85. The Morgan fingerprint density at radius 3 is 2.35 bits per heavy atom. The maximum Gasteiger partial charge on any atom is 0.316 e. The summed E-state index contributed by atoms with van der Waals surface area (Å²) in [6.45, 7) is 4.88. The zero-order chi connectivity index (χ0) is 13.5. The summed E-state index contributed by atoms with van der Waals surface area (Å²) in [6, 6.07) is 0. The number of aliphatic carboxylic acids is 1. The van der Waals surface area contributed by atoms with Crippen molar-refractivity contribution in [2.75, 3.05) is 5.75 Å². The van der Waals surface area contributed by atoms with Crippen LogP contribution in [-0.2, 0) is 4.79 Å². The van der Waals surface area contributed by atoms with E-state index in [-0.39, 0.29) is 6.42 Å². The van der Waals surface area contributed by atoms with Crippen LogP contribution in [0.15, 0.2) is 0 Å². The number of carbonyl (C=O) groups is 1. The minimum Gasteiger partial charge on any atom is -0.480 e. The number of rotatable bonds is 9. The minimum atomic E-state index is -2.60. The third kappa shape index (κ3) is 10.5. The quantitative estimate of drug-likeness (QED) is 0.641. The van der Waals surface area contributed by atoms with Gasteiger partial charge in [0.2, 0.25) is 5.92 Å². The Labute approximate surface area is 106 Å². The minimum absolute atomic E-state index is 0.116. The summed E-state index contributed by atoms with van der Waals surface area (Å²) in [5.41, 5.74) is 0. The van der Waals surface area contributed by atoms with E-state index in [1.807, 2.05) is 13.8 Å². The van der Waals surface area contributed by atoms with Crippen LogP contribution in [-0.4, -0.2) is 28.0 Å². The predicted molar refractivity (Wildman–Crippen MR) is 67.8 cm³/mol. The molecule has 5 heteroatoms. The number of halogens is 2. The van der Waals surface area contributed by atoms with Gasteiger partial charge in [0, 0.05) is 6.42 Å². The SMILES string of the molecule is CC(C)CC(SCCCCC(C)(F)F)C(=O)O. The van der Waals surface area contributed by atoms with Crippen molar-refractivity contribution in [3.8, 4) is 0 Å². The lowest BCUT2D eigenvalue weighted by atomic mass is 10.1. The van der Waals surface area contributed by atoms with E-state index in [2.05, 4.69) is 0 Å². The van der Waals surface area contributed by atoms with E-state index >= 15 is 0 Å². The summed E-state index contributed by atoms with van der Waals surface area (Å²) in [7, 11) is 0. The highest BCUT2D eigenvalue weighted by Gasteiger charge is 2.21. The lowest BCUT2D eigenvalue weighted by molar-refractivity contribution is -0.136. The number of thioether (sulfide) groups is 1. The molecule has 102 valence electrons. The molecule has 0 saturated heterocycles. The fourth-order valence-electron chi connectivity index (χ4n) is 1.43. The molecule has 0 aromatic heterocycles. The molecule has 0 spiro atoms. The van der Waals surface area contributed by atoms with Crippen molar-refractivity contribution in [1.29, 1.82) is 0 Å². The summed E-state index contributed by atoms with van der Waals surface area (Å²) < 4.78 is 25.0. The molecule has 0 saturated carbocycles. The smallest absolute Gasteiger partial charge is 0.316 e. The standard InChI is InChI=1S/C12H22F2O2S/c1-9(2)8-10(11(15)16)17-7-5-4-6-12(3,13)14/h9-10H,4-8H2,1-3H3,(H,15,16). The molecule has 1 unspecified atom stereocenters. The topological polar surface area (TPSA) is 37.3 Å². The van der Waals surface area contributed by atoms with Crippen LogP contribution < -0.4 is 0 Å². The van der Waals surface area contributed by atoms with Crippen molar-refractivity contribution in [2.24, 2.45) is 5.92 Å². The van der Waals surface area contributed by atoms with Crippen molar-refractivity contribution in [1.82, 2.24) is 0 Å². The molecule has 2 nitrogen and oxygen atoms in total. The number of hydrogen-bond donors (Lipinski definition) is 1. The molecule has 0 radical (unpaired) electrons. The second-order valence-corrected chi connectivity index (χ2v) is 6.17. The van der Waals surface area contributed by atoms with E-state index in [9.17, 15) is 13.6 Å². The maximum atomic E-state index is 12.5. The zero-order valence-corrected chi connectivity index (χ0v) is 11.5. The molecule has 0 aromatic rings. The molecule has 0 heterocycles. The van der Waals surface area contributed by atoms with Crippen molar-refractivity contribution in [3.05, 3.63) is 0 Å². The van der Waals surface area contributed by atoms with Crippen LogP contribution in [0.4, 0.5) is 8.78 Å². The van der Waals surface area contributed by atoms with E-state index < -0.39 is 17.1 Å². The van der Waals surface area contributed by atoms with Gasteiger partial charge in [-0.05, 0) is 37.9 Å². The summed E-state index contributed by atoms with van der Waals surface area (Å²) in [4.78, 5) is 10.9. The fraction of sp³-hybridized carbons (Fsp3) is 0.917. The first-order valence-corrected chi connectivity index (χ1v) is 6.99. The molecule has 1 atom stereocenters. The number of hydrogen-bond acceptors (Lipinski definition) is 2. The van der Waals surface area contributed by atoms with E-state index in [4.69, 9.17) is 5.11 Å². The first-order valence-electron chi connectivity index (χ1n) is 5.94.